The average Bonchev–Trinajstić information content (AvgIpc) is 2.09. The first-order valence-corrected chi connectivity index (χ1v) is 5.06. The van der Waals surface area contributed by atoms with Gasteiger partial charge in [0.05, 0.1) is 0 Å². The Morgan fingerprint density at radius 2 is 2.33 bits per heavy atom. The molecule has 0 aliphatic heterocycles. The summed E-state index contributed by atoms with van der Waals surface area (Å²) in [7, 11) is 0. The van der Waals surface area contributed by atoms with Gasteiger partial charge in [0.15, 0.2) is 0 Å². The molecule has 0 heterocycles. The van der Waals surface area contributed by atoms with E-state index in [1.54, 1.807) is 0 Å². The van der Waals surface area contributed by atoms with Gasteiger partial charge in [-0.3, -0.25) is 0 Å². The fourth-order valence-corrected chi connectivity index (χ4v) is 1.62. The molecule has 0 spiro atoms. The van der Waals surface area contributed by atoms with Crippen molar-refractivity contribution in [2.45, 2.75) is 32.6 Å². The molecule has 1 aliphatic carbocycles. The van der Waals surface area contributed by atoms with Gasteiger partial charge in [-0.1, -0.05) is 56.6 Å². The fraction of sp³-hybridized carbons (Fsp3) is 0.545. The van der Waals surface area contributed by atoms with Crippen LogP contribution in [0.25, 0.3) is 0 Å². The lowest BCUT2D eigenvalue weighted by Gasteiger charge is -2.12. The number of thiocarbonyl (C=S) groups is 1. The lowest BCUT2D eigenvalue weighted by atomic mass is 9.94. The Bertz CT molecular complexity index is 201. The highest BCUT2D eigenvalue weighted by molar-refractivity contribution is 7.80. The van der Waals surface area contributed by atoms with Crippen LogP contribution in [0.15, 0.2) is 18.2 Å². The quantitative estimate of drug-likeness (QED) is 0.470. The second-order valence-corrected chi connectivity index (χ2v) is 3.60. The van der Waals surface area contributed by atoms with Gasteiger partial charge in [0, 0.05) is 10.8 Å². The maximum absolute atomic E-state index is 5.18. The van der Waals surface area contributed by atoms with E-state index in [0.29, 0.717) is 5.92 Å². The average molecular weight is 179 g/mol. The number of unbranched alkanes of at least 4 members (excludes halogenated alkanes) is 2. The lowest BCUT2D eigenvalue weighted by molar-refractivity contribution is 0.631. The molecular weight excluding hydrogens is 164 g/mol. The Balaban J connectivity index is 2.28. The van der Waals surface area contributed by atoms with Crippen molar-refractivity contribution >= 4 is 17.1 Å². The number of rotatable bonds is 4. The van der Waals surface area contributed by atoms with E-state index in [-0.39, 0.29) is 0 Å². The van der Waals surface area contributed by atoms with Crippen LogP contribution in [0.5, 0.6) is 0 Å². The summed E-state index contributed by atoms with van der Waals surface area (Å²) in [6.07, 6.45) is 14.3. The van der Waals surface area contributed by atoms with Crippen molar-refractivity contribution in [1.29, 1.82) is 0 Å². The maximum Gasteiger partial charge on any atom is 0.0299 e. The zero-order valence-electron chi connectivity index (χ0n) is 7.55. The first kappa shape index (κ1) is 9.66. The van der Waals surface area contributed by atoms with Gasteiger partial charge in [-0.25, -0.2) is 0 Å². The van der Waals surface area contributed by atoms with Gasteiger partial charge in [0.25, 0.3) is 0 Å². The van der Waals surface area contributed by atoms with Crippen LogP contribution in [0.3, 0.4) is 0 Å². The molecule has 0 N–H and O–H groups in total. The number of hydrogen-bond acceptors (Lipinski definition) is 1. The molecule has 0 saturated carbocycles. The summed E-state index contributed by atoms with van der Waals surface area (Å²) in [6, 6.07) is 0. The Kier molecular flexibility index (Phi) is 4.23. The van der Waals surface area contributed by atoms with Crippen LogP contribution in [-0.4, -0.2) is 4.86 Å². The van der Waals surface area contributed by atoms with E-state index in [0.717, 1.165) is 4.86 Å². The SMILES string of the molecule is CCCCCC1C=CC=[C]C1=S. The van der Waals surface area contributed by atoms with Gasteiger partial charge < -0.3 is 0 Å². The molecule has 1 aliphatic rings. The van der Waals surface area contributed by atoms with Crippen molar-refractivity contribution in [1.82, 2.24) is 0 Å². The highest BCUT2D eigenvalue weighted by atomic mass is 32.1. The van der Waals surface area contributed by atoms with Crippen LogP contribution in [-0.2, 0) is 0 Å². The van der Waals surface area contributed by atoms with Crippen LogP contribution in [0.1, 0.15) is 32.6 Å². The molecule has 1 radical (unpaired) electrons. The van der Waals surface area contributed by atoms with E-state index in [1.807, 2.05) is 12.2 Å². The van der Waals surface area contributed by atoms with Gasteiger partial charge in [-0.2, -0.15) is 0 Å². The molecule has 0 aromatic carbocycles. The van der Waals surface area contributed by atoms with Crippen molar-refractivity contribution < 1.29 is 0 Å². The molecule has 0 bridgehead atoms. The van der Waals surface area contributed by atoms with Crippen molar-refractivity contribution in [2.24, 2.45) is 5.92 Å². The molecule has 1 unspecified atom stereocenters. The number of hydrogen-bond donors (Lipinski definition) is 0. The molecule has 0 saturated heterocycles. The van der Waals surface area contributed by atoms with Gasteiger partial charge in [0.2, 0.25) is 0 Å². The number of allylic oxidation sites excluding steroid dienone is 4. The summed E-state index contributed by atoms with van der Waals surface area (Å²) < 4.78 is 0. The molecule has 65 valence electrons. The monoisotopic (exact) mass is 179 g/mol. The van der Waals surface area contributed by atoms with Gasteiger partial charge in [-0.05, 0) is 12.5 Å². The van der Waals surface area contributed by atoms with E-state index in [1.165, 1.54) is 25.7 Å². The second kappa shape index (κ2) is 5.26. The van der Waals surface area contributed by atoms with E-state index >= 15 is 0 Å². The van der Waals surface area contributed by atoms with Crippen molar-refractivity contribution in [3.05, 3.63) is 24.3 Å². The highest BCUT2D eigenvalue weighted by Crippen LogP contribution is 2.16. The maximum atomic E-state index is 5.18. The van der Waals surface area contributed by atoms with E-state index < -0.39 is 0 Å². The predicted molar refractivity (Wildman–Crippen MR) is 57.2 cm³/mol. The third kappa shape index (κ3) is 2.90. The minimum absolute atomic E-state index is 0.483. The molecule has 0 aromatic heterocycles. The van der Waals surface area contributed by atoms with Gasteiger partial charge in [0.1, 0.15) is 0 Å². The Labute approximate surface area is 80.4 Å². The molecular formula is C11H15S. The first-order chi connectivity index (χ1) is 5.84. The van der Waals surface area contributed by atoms with E-state index in [9.17, 15) is 0 Å². The Morgan fingerprint density at radius 1 is 1.50 bits per heavy atom. The smallest absolute Gasteiger partial charge is 0.0299 e. The van der Waals surface area contributed by atoms with Crippen molar-refractivity contribution in [3.8, 4) is 0 Å². The summed E-state index contributed by atoms with van der Waals surface area (Å²) in [6.45, 7) is 2.22. The summed E-state index contributed by atoms with van der Waals surface area (Å²) in [5.74, 6) is 0.483. The van der Waals surface area contributed by atoms with Crippen LogP contribution in [0.2, 0.25) is 0 Å². The Morgan fingerprint density at radius 3 is 3.00 bits per heavy atom. The molecule has 0 nitrogen and oxygen atoms in total. The molecule has 1 rings (SSSR count). The highest BCUT2D eigenvalue weighted by Gasteiger charge is 2.10. The molecule has 1 atom stereocenters. The topological polar surface area (TPSA) is 0 Å². The zero-order chi connectivity index (χ0) is 8.81. The molecule has 12 heavy (non-hydrogen) atoms. The molecule has 0 amide bonds. The third-order valence-electron chi connectivity index (χ3n) is 2.12. The lowest BCUT2D eigenvalue weighted by Crippen LogP contribution is -2.09. The summed E-state index contributed by atoms with van der Waals surface area (Å²) >= 11 is 5.18. The van der Waals surface area contributed by atoms with Crippen molar-refractivity contribution in [2.75, 3.05) is 0 Å². The minimum Gasteiger partial charge on any atom is -0.0836 e. The second-order valence-electron chi connectivity index (χ2n) is 3.16. The van der Waals surface area contributed by atoms with Crippen molar-refractivity contribution in [3.63, 3.8) is 0 Å². The molecule has 0 fully saturated rings. The standard InChI is InChI=1S/C11H15S/c1-2-3-4-7-10-8-5-6-9-11(10)12/h5-6,8,10H,2-4,7H2,1H3. The van der Waals surface area contributed by atoms with E-state index in [4.69, 9.17) is 12.2 Å². The van der Waals surface area contributed by atoms with Gasteiger partial charge in [-0.15, -0.1) is 0 Å². The van der Waals surface area contributed by atoms with Crippen LogP contribution in [0, 0.1) is 12.0 Å². The summed E-state index contributed by atoms with van der Waals surface area (Å²) in [5, 5.41) is 0. The molecule has 1 heteroatoms. The third-order valence-corrected chi connectivity index (χ3v) is 2.54. The molecule has 0 aromatic rings. The van der Waals surface area contributed by atoms with Crippen LogP contribution < -0.4 is 0 Å². The first-order valence-electron chi connectivity index (χ1n) is 4.65. The largest absolute Gasteiger partial charge is 0.0836 e. The summed E-state index contributed by atoms with van der Waals surface area (Å²) in [4.78, 5) is 0.980. The van der Waals surface area contributed by atoms with Crippen LogP contribution in [0.4, 0.5) is 0 Å². The van der Waals surface area contributed by atoms with Gasteiger partial charge >= 0.3 is 0 Å². The fourth-order valence-electron chi connectivity index (χ4n) is 1.36. The normalized spacial score (nSPS) is 21.8. The predicted octanol–water partition coefficient (Wildman–Crippen LogP) is 3.48. The van der Waals surface area contributed by atoms with E-state index in [2.05, 4.69) is 19.1 Å². The van der Waals surface area contributed by atoms with Crippen LogP contribution >= 0.6 is 12.2 Å². The minimum atomic E-state index is 0.483. The zero-order valence-corrected chi connectivity index (χ0v) is 8.36. The Hall–Kier alpha value is -0.430. The summed E-state index contributed by atoms with van der Waals surface area (Å²) in [5.41, 5.74) is 0.